The first-order chi connectivity index (χ1) is 13.4. The van der Waals surface area contributed by atoms with E-state index in [2.05, 4.69) is 0 Å². The molecule has 0 bridgehead atoms. The molecule has 1 aliphatic heterocycles. The van der Waals surface area contributed by atoms with Crippen LogP contribution in [0.15, 0.2) is 66.1 Å². The van der Waals surface area contributed by atoms with Crippen molar-refractivity contribution < 1.29 is 22.7 Å². The molecule has 1 atom stereocenters. The number of ether oxygens (including phenoxy) is 1. The molecule has 0 saturated carbocycles. The van der Waals surface area contributed by atoms with Crippen molar-refractivity contribution in [2.45, 2.75) is 6.04 Å². The van der Waals surface area contributed by atoms with Crippen LogP contribution in [-0.2, 0) is 19.4 Å². The lowest BCUT2D eigenvalue weighted by Crippen LogP contribution is -2.43. The second-order valence-electron chi connectivity index (χ2n) is 6.09. The number of sulfone groups is 1. The largest absolute Gasteiger partial charge is 0.452 e. The monoisotopic (exact) mass is 396 g/mol. The fraction of sp³-hybridized carbons (Fsp3) is 0.150. The van der Waals surface area contributed by atoms with Crippen molar-refractivity contribution in [1.82, 2.24) is 0 Å². The van der Waals surface area contributed by atoms with Crippen LogP contribution in [0.5, 0.6) is 0 Å². The van der Waals surface area contributed by atoms with Crippen molar-refractivity contribution in [3.63, 3.8) is 0 Å². The summed E-state index contributed by atoms with van der Waals surface area (Å²) in [5.74, 6) is -1.47. The van der Waals surface area contributed by atoms with Gasteiger partial charge in [-0.15, -0.1) is 0 Å². The lowest BCUT2D eigenvalue weighted by molar-refractivity contribution is -0.121. The first-order valence-electron chi connectivity index (χ1n) is 8.35. The third-order valence-corrected chi connectivity index (χ3v) is 5.50. The Kier molecular flexibility index (Phi) is 5.57. The number of nitriles is 1. The van der Waals surface area contributed by atoms with E-state index in [0.717, 1.165) is 5.41 Å². The lowest BCUT2D eigenvalue weighted by atomic mass is 10.1. The van der Waals surface area contributed by atoms with Crippen LogP contribution in [0.4, 0.5) is 5.69 Å². The van der Waals surface area contributed by atoms with E-state index in [1.54, 1.807) is 30.3 Å². The normalized spacial score (nSPS) is 16.9. The zero-order valence-corrected chi connectivity index (χ0v) is 15.5. The number of carbonyl (C=O) groups is 2. The van der Waals surface area contributed by atoms with Gasteiger partial charge in [-0.25, -0.2) is 13.2 Å². The van der Waals surface area contributed by atoms with Gasteiger partial charge in [0.1, 0.15) is 0 Å². The molecule has 8 heteroatoms. The molecule has 0 radical (unpaired) electrons. The Labute approximate surface area is 162 Å². The molecule has 1 aliphatic rings. The highest BCUT2D eigenvalue weighted by Gasteiger charge is 2.31. The molecule has 0 aliphatic carbocycles. The molecule has 7 nitrogen and oxygen atoms in total. The minimum atomic E-state index is -3.37. The summed E-state index contributed by atoms with van der Waals surface area (Å²) >= 11 is 0. The maximum atomic E-state index is 12.8. The predicted octanol–water partition coefficient (Wildman–Crippen LogP) is 2.06. The molecule has 1 amide bonds. The average Bonchev–Trinajstić information content (AvgIpc) is 3.06. The van der Waals surface area contributed by atoms with Gasteiger partial charge in [-0.2, -0.15) is 5.26 Å². The summed E-state index contributed by atoms with van der Waals surface area (Å²) in [6.07, 6.45) is 1.45. The van der Waals surface area contributed by atoms with E-state index in [-0.39, 0.29) is 11.3 Å². The zero-order valence-electron chi connectivity index (χ0n) is 14.7. The Morgan fingerprint density at radius 1 is 1.11 bits per heavy atom. The van der Waals surface area contributed by atoms with Crippen LogP contribution in [0, 0.1) is 11.3 Å². The highest BCUT2D eigenvalue weighted by atomic mass is 32.2. The summed E-state index contributed by atoms with van der Waals surface area (Å²) in [7, 11) is -3.37. The second kappa shape index (κ2) is 8.06. The van der Waals surface area contributed by atoms with E-state index >= 15 is 0 Å². The maximum Gasteiger partial charge on any atom is 0.338 e. The number of para-hydroxylation sites is 1. The number of benzene rings is 2. The number of rotatable bonds is 5. The molecule has 0 N–H and O–H groups in total. The summed E-state index contributed by atoms with van der Waals surface area (Å²) in [4.78, 5) is 26.2. The molecular formula is C20H16N2O5S. The van der Waals surface area contributed by atoms with E-state index in [0.29, 0.717) is 11.3 Å². The SMILES string of the molecule is N#Cc1ccc(C(=O)OCC(=O)N(c2ccccc2)[C@@H]2C=CS(=O)(=O)C2)cc1. The smallest absolute Gasteiger partial charge is 0.338 e. The summed E-state index contributed by atoms with van der Waals surface area (Å²) in [6, 6.07) is 15.7. The van der Waals surface area contributed by atoms with Crippen LogP contribution in [0.3, 0.4) is 0 Å². The Bertz CT molecular complexity index is 1050. The summed E-state index contributed by atoms with van der Waals surface area (Å²) in [6.45, 7) is -0.544. The number of carbonyl (C=O) groups excluding carboxylic acids is 2. The summed E-state index contributed by atoms with van der Waals surface area (Å²) in [5.41, 5.74) is 1.12. The molecule has 3 rings (SSSR count). The second-order valence-corrected chi connectivity index (χ2v) is 8.02. The minimum Gasteiger partial charge on any atom is -0.452 e. The topological polar surface area (TPSA) is 105 Å². The van der Waals surface area contributed by atoms with Gasteiger partial charge in [-0.3, -0.25) is 4.79 Å². The molecule has 1 heterocycles. The number of anilines is 1. The summed E-state index contributed by atoms with van der Waals surface area (Å²) < 4.78 is 28.6. The molecule has 142 valence electrons. The van der Waals surface area contributed by atoms with Gasteiger partial charge in [0.05, 0.1) is 29.0 Å². The standard InChI is InChI=1S/C20H16N2O5S/c21-12-15-6-8-16(9-7-15)20(24)27-13-19(23)22(17-4-2-1-3-5-17)18-10-11-28(25,26)14-18/h1-11,18H,13-14H2/t18-/m1/s1. The van der Waals surface area contributed by atoms with E-state index < -0.39 is 34.4 Å². The van der Waals surface area contributed by atoms with Crippen molar-refractivity contribution in [2.24, 2.45) is 0 Å². The van der Waals surface area contributed by atoms with Crippen LogP contribution < -0.4 is 4.90 Å². The Morgan fingerprint density at radius 3 is 2.36 bits per heavy atom. The third-order valence-electron chi connectivity index (χ3n) is 4.12. The van der Waals surface area contributed by atoms with Crippen LogP contribution in [0.25, 0.3) is 0 Å². The maximum absolute atomic E-state index is 12.8. The van der Waals surface area contributed by atoms with Gasteiger partial charge in [0.25, 0.3) is 5.91 Å². The molecule has 0 aromatic heterocycles. The van der Waals surface area contributed by atoms with Crippen molar-refractivity contribution in [3.8, 4) is 6.07 Å². The van der Waals surface area contributed by atoms with E-state index in [1.165, 1.54) is 35.2 Å². The van der Waals surface area contributed by atoms with Crippen LogP contribution >= 0.6 is 0 Å². The van der Waals surface area contributed by atoms with Crippen molar-refractivity contribution in [3.05, 3.63) is 77.2 Å². The van der Waals surface area contributed by atoms with Crippen molar-refractivity contribution in [1.29, 1.82) is 5.26 Å². The Balaban J connectivity index is 1.73. The number of esters is 1. The number of hydrogen-bond acceptors (Lipinski definition) is 6. The van der Waals surface area contributed by atoms with Gasteiger partial charge in [0.2, 0.25) is 0 Å². The van der Waals surface area contributed by atoms with Crippen LogP contribution in [-0.4, -0.2) is 38.7 Å². The van der Waals surface area contributed by atoms with Gasteiger partial charge in [-0.05, 0) is 42.5 Å². The number of hydrogen-bond donors (Lipinski definition) is 0. The third kappa shape index (κ3) is 4.45. The fourth-order valence-electron chi connectivity index (χ4n) is 2.79. The highest BCUT2D eigenvalue weighted by molar-refractivity contribution is 7.94. The average molecular weight is 396 g/mol. The molecule has 0 saturated heterocycles. The molecule has 0 spiro atoms. The first-order valence-corrected chi connectivity index (χ1v) is 10.1. The zero-order chi connectivity index (χ0) is 20.1. The van der Waals surface area contributed by atoms with Crippen LogP contribution in [0.1, 0.15) is 15.9 Å². The number of nitrogens with zero attached hydrogens (tertiary/aromatic N) is 2. The molecule has 0 fully saturated rings. The summed E-state index contributed by atoms with van der Waals surface area (Å²) in [5, 5.41) is 9.88. The van der Waals surface area contributed by atoms with Crippen molar-refractivity contribution >= 4 is 27.4 Å². The fourth-order valence-corrected chi connectivity index (χ4v) is 4.06. The van der Waals surface area contributed by atoms with Gasteiger partial charge in [-0.1, -0.05) is 18.2 Å². The van der Waals surface area contributed by atoms with E-state index in [1.807, 2.05) is 6.07 Å². The minimum absolute atomic E-state index is 0.210. The van der Waals surface area contributed by atoms with Crippen molar-refractivity contribution in [2.75, 3.05) is 17.3 Å². The van der Waals surface area contributed by atoms with Crippen LogP contribution in [0.2, 0.25) is 0 Å². The molecule has 28 heavy (non-hydrogen) atoms. The molecular weight excluding hydrogens is 380 g/mol. The Morgan fingerprint density at radius 2 is 1.79 bits per heavy atom. The predicted molar refractivity (Wildman–Crippen MR) is 102 cm³/mol. The first kappa shape index (κ1) is 19.3. The van der Waals surface area contributed by atoms with Gasteiger partial charge < -0.3 is 9.64 Å². The molecule has 2 aromatic carbocycles. The van der Waals surface area contributed by atoms with Gasteiger partial charge in [0, 0.05) is 11.1 Å². The van der Waals surface area contributed by atoms with E-state index in [4.69, 9.17) is 10.00 Å². The highest BCUT2D eigenvalue weighted by Crippen LogP contribution is 2.23. The van der Waals surface area contributed by atoms with E-state index in [9.17, 15) is 18.0 Å². The molecule has 0 unspecified atom stereocenters. The van der Waals surface area contributed by atoms with Gasteiger partial charge >= 0.3 is 5.97 Å². The van der Waals surface area contributed by atoms with Gasteiger partial charge in [0.15, 0.2) is 16.4 Å². The number of amides is 1. The molecule has 2 aromatic rings. The lowest BCUT2D eigenvalue weighted by Gasteiger charge is -2.27. The quantitative estimate of drug-likeness (QED) is 0.717. The Hall–Kier alpha value is -3.44.